The van der Waals surface area contributed by atoms with Crippen LogP contribution in [-0.2, 0) is 6.42 Å². The van der Waals surface area contributed by atoms with Crippen molar-refractivity contribution in [1.29, 1.82) is 5.41 Å². The van der Waals surface area contributed by atoms with Gasteiger partial charge in [-0.3, -0.25) is 0 Å². The Kier molecular flexibility index (Phi) is 4.30. The van der Waals surface area contributed by atoms with E-state index in [-0.39, 0.29) is 0 Å². The predicted octanol–water partition coefficient (Wildman–Crippen LogP) is 4.56. The summed E-state index contributed by atoms with van der Waals surface area (Å²) in [5.74, 6) is 0. The molecule has 0 heterocycles. The highest BCUT2D eigenvalue weighted by Gasteiger charge is 2.03. The zero-order valence-corrected chi connectivity index (χ0v) is 10.8. The van der Waals surface area contributed by atoms with Crippen LogP contribution < -0.4 is 0 Å². The van der Waals surface area contributed by atoms with Crippen molar-refractivity contribution in [2.45, 2.75) is 26.2 Å². The van der Waals surface area contributed by atoms with Crippen LogP contribution in [-0.4, -0.2) is 5.71 Å². The van der Waals surface area contributed by atoms with Crippen LogP contribution in [0.25, 0.3) is 5.57 Å². The first-order valence-corrected chi connectivity index (χ1v) is 6.42. The average Bonchev–Trinajstić information content (AvgIpc) is 2.40. The van der Waals surface area contributed by atoms with Crippen LogP contribution in [0.1, 0.15) is 30.9 Å². The van der Waals surface area contributed by atoms with Crippen molar-refractivity contribution in [3.05, 3.63) is 65.8 Å². The van der Waals surface area contributed by atoms with E-state index < -0.39 is 0 Å². The molecule has 1 aromatic carbocycles. The third-order valence-electron chi connectivity index (χ3n) is 3.03. The monoisotopic (exact) mass is 237 g/mol. The largest absolute Gasteiger partial charge is 0.306 e. The molecule has 0 radical (unpaired) electrons. The minimum atomic E-state index is 0.603. The molecule has 0 bridgehead atoms. The molecular formula is C17H19N. The zero-order chi connectivity index (χ0) is 12.8. The van der Waals surface area contributed by atoms with E-state index in [9.17, 15) is 0 Å². The molecule has 1 heteroatoms. The summed E-state index contributed by atoms with van der Waals surface area (Å²) in [5.41, 5.74) is 4.66. The smallest absolute Gasteiger partial charge is 0.0279 e. The second kappa shape index (κ2) is 6.15. The van der Waals surface area contributed by atoms with Crippen molar-refractivity contribution in [2.24, 2.45) is 0 Å². The van der Waals surface area contributed by atoms with Crippen molar-refractivity contribution in [3.63, 3.8) is 0 Å². The van der Waals surface area contributed by atoms with Crippen LogP contribution >= 0.6 is 0 Å². The summed E-state index contributed by atoms with van der Waals surface area (Å²) < 4.78 is 0. The van der Waals surface area contributed by atoms with E-state index in [1.165, 1.54) is 16.7 Å². The van der Waals surface area contributed by atoms with Gasteiger partial charge in [0.15, 0.2) is 0 Å². The van der Waals surface area contributed by atoms with E-state index >= 15 is 0 Å². The molecule has 1 aromatic rings. The van der Waals surface area contributed by atoms with Gasteiger partial charge in [0.1, 0.15) is 0 Å². The van der Waals surface area contributed by atoms with Crippen molar-refractivity contribution in [2.75, 3.05) is 0 Å². The Morgan fingerprint density at radius 2 is 2.28 bits per heavy atom. The highest BCUT2D eigenvalue weighted by Crippen LogP contribution is 2.24. The first-order chi connectivity index (χ1) is 8.75. The van der Waals surface area contributed by atoms with Gasteiger partial charge in [-0.05, 0) is 49.0 Å². The molecule has 0 saturated heterocycles. The van der Waals surface area contributed by atoms with Crippen LogP contribution in [0.5, 0.6) is 0 Å². The van der Waals surface area contributed by atoms with Crippen LogP contribution in [0.15, 0.2) is 54.6 Å². The van der Waals surface area contributed by atoms with E-state index in [1.54, 1.807) is 6.92 Å². The highest BCUT2D eigenvalue weighted by molar-refractivity contribution is 5.89. The van der Waals surface area contributed by atoms with E-state index in [0.29, 0.717) is 5.71 Å². The van der Waals surface area contributed by atoms with Crippen molar-refractivity contribution in [1.82, 2.24) is 0 Å². The topological polar surface area (TPSA) is 23.9 Å². The number of rotatable bonds is 4. The molecule has 2 rings (SSSR count). The Labute approximate surface area is 109 Å². The highest BCUT2D eigenvalue weighted by atomic mass is 14.4. The number of nitrogens with one attached hydrogen (secondary N) is 1. The van der Waals surface area contributed by atoms with E-state index in [2.05, 4.69) is 48.6 Å². The minimum absolute atomic E-state index is 0.603. The summed E-state index contributed by atoms with van der Waals surface area (Å²) in [7, 11) is 0. The van der Waals surface area contributed by atoms with Gasteiger partial charge in [-0.1, -0.05) is 48.6 Å². The van der Waals surface area contributed by atoms with Gasteiger partial charge in [-0.25, -0.2) is 0 Å². The van der Waals surface area contributed by atoms with E-state index in [1.807, 2.05) is 6.08 Å². The first-order valence-electron chi connectivity index (χ1n) is 6.42. The molecule has 0 atom stereocenters. The normalized spacial score (nSPS) is 14.8. The Hall–Kier alpha value is -1.89. The molecule has 0 aliphatic heterocycles. The summed E-state index contributed by atoms with van der Waals surface area (Å²) in [5, 5.41) is 7.36. The summed E-state index contributed by atoms with van der Waals surface area (Å²) in [6.45, 7) is 1.80. The molecule has 0 unspecified atom stereocenters. The summed E-state index contributed by atoms with van der Waals surface area (Å²) in [4.78, 5) is 0. The van der Waals surface area contributed by atoms with Gasteiger partial charge in [0.25, 0.3) is 0 Å². The molecule has 1 aliphatic carbocycles. The summed E-state index contributed by atoms with van der Waals surface area (Å²) >= 11 is 0. The van der Waals surface area contributed by atoms with Crippen LogP contribution in [0.4, 0.5) is 0 Å². The maximum atomic E-state index is 7.36. The molecule has 18 heavy (non-hydrogen) atoms. The van der Waals surface area contributed by atoms with Gasteiger partial charge in [0.2, 0.25) is 0 Å². The quantitative estimate of drug-likeness (QED) is 0.742. The van der Waals surface area contributed by atoms with Gasteiger partial charge in [0, 0.05) is 5.71 Å². The third-order valence-corrected chi connectivity index (χ3v) is 3.03. The number of hydrogen-bond donors (Lipinski definition) is 1. The average molecular weight is 237 g/mol. The van der Waals surface area contributed by atoms with Crippen molar-refractivity contribution in [3.8, 4) is 0 Å². The lowest BCUT2D eigenvalue weighted by molar-refractivity contribution is 1.05. The van der Waals surface area contributed by atoms with Crippen molar-refractivity contribution >= 4 is 11.3 Å². The molecule has 1 aliphatic rings. The molecule has 0 fully saturated rings. The van der Waals surface area contributed by atoms with Crippen LogP contribution in [0, 0.1) is 5.41 Å². The standard InChI is InChI=1S/C17H19N/c1-14(18)7-5-8-15-9-6-12-17(13-15)16-10-3-2-4-11-16/h2-3,5-7,9-10,12-13,18H,4,8,11H2,1H3/b7-5-,18-14?. The van der Waals surface area contributed by atoms with Crippen molar-refractivity contribution < 1.29 is 0 Å². The molecule has 1 N–H and O–H groups in total. The summed E-state index contributed by atoms with van der Waals surface area (Å²) in [6, 6.07) is 8.70. The molecule has 0 aromatic heterocycles. The predicted molar refractivity (Wildman–Crippen MR) is 79.0 cm³/mol. The maximum absolute atomic E-state index is 7.36. The molecule has 0 amide bonds. The Bertz CT molecular complexity index is 518. The molecule has 0 saturated carbocycles. The third kappa shape index (κ3) is 3.56. The van der Waals surface area contributed by atoms with Crippen LogP contribution in [0.2, 0.25) is 0 Å². The lowest BCUT2D eigenvalue weighted by atomic mass is 9.95. The summed E-state index contributed by atoms with van der Waals surface area (Å²) in [6.07, 6.45) is 13.6. The fourth-order valence-electron chi connectivity index (χ4n) is 2.11. The molecule has 92 valence electrons. The molecule has 0 spiro atoms. The van der Waals surface area contributed by atoms with Gasteiger partial charge in [-0.15, -0.1) is 0 Å². The zero-order valence-electron chi connectivity index (χ0n) is 10.8. The lowest BCUT2D eigenvalue weighted by Gasteiger charge is -2.10. The second-order valence-corrected chi connectivity index (χ2v) is 4.65. The first kappa shape index (κ1) is 12.6. The maximum Gasteiger partial charge on any atom is 0.0279 e. The SMILES string of the molecule is CC(=N)/C=C\Cc1cccc(C2=CC=CCC2)c1. The second-order valence-electron chi connectivity index (χ2n) is 4.65. The Morgan fingerprint density at radius 3 is 3.00 bits per heavy atom. The minimum Gasteiger partial charge on any atom is -0.306 e. The van der Waals surface area contributed by atoms with E-state index in [4.69, 9.17) is 5.41 Å². The fourth-order valence-corrected chi connectivity index (χ4v) is 2.11. The Morgan fingerprint density at radius 1 is 1.39 bits per heavy atom. The lowest BCUT2D eigenvalue weighted by Crippen LogP contribution is -1.90. The van der Waals surface area contributed by atoms with Gasteiger partial charge < -0.3 is 5.41 Å². The van der Waals surface area contributed by atoms with Gasteiger partial charge in [0.05, 0.1) is 0 Å². The van der Waals surface area contributed by atoms with Gasteiger partial charge >= 0.3 is 0 Å². The van der Waals surface area contributed by atoms with E-state index in [0.717, 1.165) is 19.3 Å². The fraction of sp³-hybridized carbons (Fsp3) is 0.235. The molecule has 1 nitrogen and oxygen atoms in total. The number of benzene rings is 1. The Balaban J connectivity index is 2.12. The number of hydrogen-bond acceptors (Lipinski definition) is 1. The van der Waals surface area contributed by atoms with Crippen LogP contribution in [0.3, 0.4) is 0 Å². The molecular weight excluding hydrogens is 218 g/mol. The van der Waals surface area contributed by atoms with Gasteiger partial charge in [-0.2, -0.15) is 0 Å². The number of allylic oxidation sites excluding steroid dienone is 6.